The van der Waals surface area contributed by atoms with Gasteiger partial charge in [0.15, 0.2) is 5.96 Å². The van der Waals surface area contributed by atoms with Gasteiger partial charge >= 0.3 is 0 Å². The first-order valence-corrected chi connectivity index (χ1v) is 7.39. The molecule has 0 heterocycles. The minimum atomic E-state index is 0.0746. The van der Waals surface area contributed by atoms with E-state index < -0.39 is 0 Å². The van der Waals surface area contributed by atoms with Crippen LogP contribution in [0.4, 0.5) is 0 Å². The first kappa shape index (κ1) is 17.0. The second kappa shape index (κ2) is 9.80. The molecule has 116 valence electrons. The highest BCUT2D eigenvalue weighted by Crippen LogP contribution is 2.00. The van der Waals surface area contributed by atoms with E-state index in [0.717, 1.165) is 18.9 Å². The van der Waals surface area contributed by atoms with Gasteiger partial charge in [0.25, 0.3) is 0 Å². The molecule has 0 bridgehead atoms. The molecule has 1 aromatic rings. The number of guanidine groups is 1. The molecule has 0 aliphatic heterocycles. The zero-order chi connectivity index (χ0) is 15.5. The number of rotatable bonds is 7. The Morgan fingerprint density at radius 1 is 1.14 bits per heavy atom. The summed E-state index contributed by atoms with van der Waals surface area (Å²) < 4.78 is 0. The van der Waals surface area contributed by atoms with Crippen molar-refractivity contribution in [3.8, 4) is 0 Å². The van der Waals surface area contributed by atoms with Gasteiger partial charge in [0.1, 0.15) is 0 Å². The maximum Gasteiger partial charge on any atom is 0.221 e. The SMILES string of the molecule is CCCNC(=O)CCNC(=NCc1ccccc1)N(C)C. The van der Waals surface area contributed by atoms with Crippen LogP contribution in [-0.2, 0) is 11.3 Å². The lowest BCUT2D eigenvalue weighted by molar-refractivity contribution is -0.120. The molecule has 0 saturated heterocycles. The van der Waals surface area contributed by atoms with Crippen LogP contribution in [0.1, 0.15) is 25.3 Å². The Labute approximate surface area is 127 Å². The summed E-state index contributed by atoms with van der Waals surface area (Å²) in [6.45, 7) is 3.99. The highest BCUT2D eigenvalue weighted by molar-refractivity contribution is 5.81. The van der Waals surface area contributed by atoms with E-state index in [1.807, 2.05) is 44.1 Å². The van der Waals surface area contributed by atoms with E-state index in [9.17, 15) is 4.79 Å². The van der Waals surface area contributed by atoms with Gasteiger partial charge in [-0.15, -0.1) is 0 Å². The molecular weight excluding hydrogens is 264 g/mol. The van der Waals surface area contributed by atoms with Crippen molar-refractivity contribution in [3.63, 3.8) is 0 Å². The average molecular weight is 290 g/mol. The third-order valence-electron chi connectivity index (χ3n) is 2.89. The summed E-state index contributed by atoms with van der Waals surface area (Å²) in [6.07, 6.45) is 1.42. The molecule has 0 spiro atoms. The topological polar surface area (TPSA) is 56.7 Å². The zero-order valence-electron chi connectivity index (χ0n) is 13.2. The lowest BCUT2D eigenvalue weighted by Gasteiger charge is -2.17. The van der Waals surface area contributed by atoms with Gasteiger partial charge in [0.05, 0.1) is 6.54 Å². The van der Waals surface area contributed by atoms with Gasteiger partial charge in [-0.05, 0) is 12.0 Å². The van der Waals surface area contributed by atoms with Crippen molar-refractivity contribution >= 4 is 11.9 Å². The van der Waals surface area contributed by atoms with Gasteiger partial charge < -0.3 is 15.5 Å². The van der Waals surface area contributed by atoms with Crippen LogP contribution < -0.4 is 10.6 Å². The second-order valence-corrected chi connectivity index (χ2v) is 5.05. The number of carbonyl (C=O) groups is 1. The summed E-state index contributed by atoms with van der Waals surface area (Å²) >= 11 is 0. The van der Waals surface area contributed by atoms with Crippen LogP contribution in [0.25, 0.3) is 0 Å². The quantitative estimate of drug-likeness (QED) is 0.592. The van der Waals surface area contributed by atoms with Crippen LogP contribution in [0, 0.1) is 0 Å². The number of carbonyl (C=O) groups excluding carboxylic acids is 1. The van der Waals surface area contributed by atoms with E-state index in [1.165, 1.54) is 5.56 Å². The number of hydrogen-bond donors (Lipinski definition) is 2. The van der Waals surface area contributed by atoms with Crippen molar-refractivity contribution in [2.45, 2.75) is 26.3 Å². The van der Waals surface area contributed by atoms with Crippen molar-refractivity contribution in [1.29, 1.82) is 0 Å². The Bertz CT molecular complexity index is 443. The Balaban J connectivity index is 2.41. The van der Waals surface area contributed by atoms with E-state index in [0.29, 0.717) is 19.5 Å². The number of amides is 1. The summed E-state index contributed by atoms with van der Waals surface area (Å²) in [4.78, 5) is 18.0. The number of nitrogens with zero attached hydrogens (tertiary/aromatic N) is 2. The molecule has 1 aromatic carbocycles. The number of hydrogen-bond acceptors (Lipinski definition) is 2. The molecule has 0 aromatic heterocycles. The molecule has 1 amide bonds. The van der Waals surface area contributed by atoms with Crippen LogP contribution >= 0.6 is 0 Å². The molecule has 0 saturated carbocycles. The lowest BCUT2D eigenvalue weighted by Crippen LogP contribution is -2.38. The van der Waals surface area contributed by atoms with Gasteiger partial charge in [0.2, 0.25) is 5.91 Å². The number of nitrogens with one attached hydrogen (secondary N) is 2. The van der Waals surface area contributed by atoms with Gasteiger partial charge in [0, 0.05) is 33.6 Å². The third-order valence-corrected chi connectivity index (χ3v) is 2.89. The first-order chi connectivity index (χ1) is 10.1. The highest BCUT2D eigenvalue weighted by Gasteiger charge is 2.04. The summed E-state index contributed by atoms with van der Waals surface area (Å²) in [6, 6.07) is 10.1. The fraction of sp³-hybridized carbons (Fsp3) is 0.500. The minimum absolute atomic E-state index is 0.0746. The molecule has 0 aliphatic rings. The normalized spacial score (nSPS) is 11.1. The molecule has 0 fully saturated rings. The smallest absolute Gasteiger partial charge is 0.221 e. The highest BCUT2D eigenvalue weighted by atomic mass is 16.1. The van der Waals surface area contributed by atoms with Crippen LogP contribution in [0.2, 0.25) is 0 Å². The Hall–Kier alpha value is -2.04. The average Bonchev–Trinajstić information content (AvgIpc) is 2.49. The summed E-state index contributed by atoms with van der Waals surface area (Å²) in [5.74, 6) is 0.868. The maximum atomic E-state index is 11.5. The molecule has 0 aliphatic carbocycles. The molecule has 5 heteroatoms. The monoisotopic (exact) mass is 290 g/mol. The molecule has 0 radical (unpaired) electrons. The van der Waals surface area contributed by atoms with E-state index in [1.54, 1.807) is 0 Å². The minimum Gasteiger partial charge on any atom is -0.356 e. The van der Waals surface area contributed by atoms with Gasteiger partial charge in [-0.1, -0.05) is 37.3 Å². The summed E-state index contributed by atoms with van der Waals surface area (Å²) in [5.41, 5.74) is 1.17. The molecular formula is C16H26N4O. The van der Waals surface area contributed by atoms with Crippen LogP contribution in [0.5, 0.6) is 0 Å². The predicted molar refractivity (Wildman–Crippen MR) is 87.2 cm³/mol. The van der Waals surface area contributed by atoms with E-state index in [4.69, 9.17) is 0 Å². The molecule has 2 N–H and O–H groups in total. The van der Waals surface area contributed by atoms with Crippen LogP contribution in [0.15, 0.2) is 35.3 Å². The lowest BCUT2D eigenvalue weighted by atomic mass is 10.2. The molecule has 21 heavy (non-hydrogen) atoms. The molecule has 1 rings (SSSR count). The Kier molecular flexibility index (Phi) is 7.94. The Morgan fingerprint density at radius 3 is 2.48 bits per heavy atom. The largest absolute Gasteiger partial charge is 0.356 e. The van der Waals surface area contributed by atoms with Crippen molar-refractivity contribution in [1.82, 2.24) is 15.5 Å². The van der Waals surface area contributed by atoms with E-state index >= 15 is 0 Å². The van der Waals surface area contributed by atoms with Gasteiger partial charge in [-0.3, -0.25) is 4.79 Å². The van der Waals surface area contributed by atoms with Gasteiger partial charge in [-0.2, -0.15) is 0 Å². The standard InChI is InChI=1S/C16H26N4O/c1-4-11-17-15(21)10-12-18-16(20(2)3)19-13-14-8-6-5-7-9-14/h5-9H,4,10-13H2,1-3H3,(H,17,21)(H,18,19). The van der Waals surface area contributed by atoms with Gasteiger partial charge in [-0.25, -0.2) is 4.99 Å². The third kappa shape index (κ3) is 7.34. The first-order valence-electron chi connectivity index (χ1n) is 7.39. The zero-order valence-corrected chi connectivity index (χ0v) is 13.2. The maximum absolute atomic E-state index is 11.5. The van der Waals surface area contributed by atoms with E-state index in [2.05, 4.69) is 27.8 Å². The molecule has 5 nitrogen and oxygen atoms in total. The molecule has 0 atom stereocenters. The second-order valence-electron chi connectivity index (χ2n) is 5.05. The summed E-state index contributed by atoms with van der Waals surface area (Å²) in [7, 11) is 3.88. The predicted octanol–water partition coefficient (Wildman–Crippen LogP) is 1.61. The van der Waals surface area contributed by atoms with Crippen LogP contribution in [0.3, 0.4) is 0 Å². The van der Waals surface area contributed by atoms with Crippen LogP contribution in [-0.4, -0.2) is 44.0 Å². The number of aliphatic imine (C=N–C) groups is 1. The Morgan fingerprint density at radius 2 is 1.86 bits per heavy atom. The van der Waals surface area contributed by atoms with Crippen molar-refractivity contribution in [2.24, 2.45) is 4.99 Å². The fourth-order valence-corrected chi connectivity index (χ4v) is 1.75. The van der Waals surface area contributed by atoms with Crippen molar-refractivity contribution in [2.75, 3.05) is 27.2 Å². The molecule has 0 unspecified atom stereocenters. The van der Waals surface area contributed by atoms with Crippen molar-refractivity contribution < 1.29 is 4.79 Å². The van der Waals surface area contributed by atoms with Crippen molar-refractivity contribution in [3.05, 3.63) is 35.9 Å². The summed E-state index contributed by atoms with van der Waals surface area (Å²) in [5, 5.41) is 6.07. The van der Waals surface area contributed by atoms with E-state index in [-0.39, 0.29) is 5.91 Å². The fourth-order valence-electron chi connectivity index (χ4n) is 1.75. The number of benzene rings is 1.